The number of hydrogen-bond donors (Lipinski definition) is 2. The Morgan fingerprint density at radius 3 is 2.00 bits per heavy atom. The maximum atomic E-state index is 12.5. The molecule has 1 amide bonds. The molecule has 5 nitrogen and oxygen atoms in total. The van der Waals surface area contributed by atoms with Crippen molar-refractivity contribution in [3.05, 3.63) is 0 Å². The second-order valence-electron chi connectivity index (χ2n) is 7.05. The maximum absolute atomic E-state index is 12.5. The molecule has 2 N–H and O–H groups in total. The number of likely N-dealkylation sites (tertiary alicyclic amines) is 1. The van der Waals surface area contributed by atoms with E-state index in [-0.39, 0.29) is 12.3 Å². The predicted octanol–water partition coefficient (Wildman–Crippen LogP) is 2.18. The molecule has 0 radical (unpaired) electrons. The third-order valence-corrected chi connectivity index (χ3v) is 5.20. The van der Waals surface area contributed by atoms with Crippen molar-refractivity contribution in [1.29, 1.82) is 0 Å². The fourth-order valence-electron chi connectivity index (χ4n) is 3.51. The Morgan fingerprint density at radius 2 is 1.52 bits per heavy atom. The Hall–Kier alpha value is -1.10. The molecular formula is C16H27NO4. The molecule has 120 valence electrons. The summed E-state index contributed by atoms with van der Waals surface area (Å²) in [5, 5.41) is 19.6. The zero-order chi connectivity index (χ0) is 15.5. The molecule has 5 heteroatoms. The van der Waals surface area contributed by atoms with Gasteiger partial charge in [-0.15, -0.1) is 0 Å². The third-order valence-electron chi connectivity index (χ3n) is 5.20. The molecule has 0 aromatic carbocycles. The molecule has 1 heterocycles. The Kier molecular flexibility index (Phi) is 4.91. The molecule has 0 atom stereocenters. The predicted molar refractivity (Wildman–Crippen MR) is 78.8 cm³/mol. The lowest BCUT2D eigenvalue weighted by molar-refractivity contribution is -0.155. The van der Waals surface area contributed by atoms with Crippen LogP contribution in [0.2, 0.25) is 0 Å². The minimum absolute atomic E-state index is 0.0604. The van der Waals surface area contributed by atoms with Crippen LogP contribution in [0.15, 0.2) is 0 Å². The van der Waals surface area contributed by atoms with Crippen LogP contribution in [0, 0.1) is 5.41 Å². The largest absolute Gasteiger partial charge is 0.481 e. The normalized spacial score (nSPS) is 25.1. The molecule has 1 aliphatic heterocycles. The molecule has 0 aromatic rings. The van der Waals surface area contributed by atoms with Crippen LogP contribution in [-0.4, -0.2) is 45.7 Å². The highest BCUT2D eigenvalue weighted by molar-refractivity contribution is 5.85. The number of carboxylic acids is 1. The van der Waals surface area contributed by atoms with Crippen molar-refractivity contribution in [2.24, 2.45) is 5.41 Å². The Morgan fingerprint density at radius 1 is 1.00 bits per heavy atom. The van der Waals surface area contributed by atoms with Crippen molar-refractivity contribution in [2.75, 3.05) is 13.1 Å². The first-order chi connectivity index (χ1) is 9.85. The SMILES string of the molecule is CC1(O)CCN(C(=O)CC2(C(=O)O)CCCCCC2)CC1. The average Bonchev–Trinajstić information content (AvgIpc) is 2.65. The number of hydrogen-bond acceptors (Lipinski definition) is 3. The summed E-state index contributed by atoms with van der Waals surface area (Å²) >= 11 is 0. The molecule has 2 aliphatic rings. The van der Waals surface area contributed by atoms with Gasteiger partial charge in [0.05, 0.1) is 11.0 Å². The van der Waals surface area contributed by atoms with E-state index in [2.05, 4.69) is 0 Å². The summed E-state index contributed by atoms with van der Waals surface area (Å²) in [6, 6.07) is 0. The van der Waals surface area contributed by atoms with Crippen molar-refractivity contribution in [3.63, 3.8) is 0 Å². The lowest BCUT2D eigenvalue weighted by atomic mass is 9.77. The third kappa shape index (κ3) is 3.96. The highest BCUT2D eigenvalue weighted by atomic mass is 16.4. The quantitative estimate of drug-likeness (QED) is 0.783. The van der Waals surface area contributed by atoms with E-state index in [1.54, 1.807) is 11.8 Å². The summed E-state index contributed by atoms with van der Waals surface area (Å²) in [4.78, 5) is 25.9. The van der Waals surface area contributed by atoms with Crippen LogP contribution >= 0.6 is 0 Å². The molecule has 1 saturated carbocycles. The van der Waals surface area contributed by atoms with E-state index < -0.39 is 17.0 Å². The van der Waals surface area contributed by atoms with E-state index in [1.807, 2.05) is 0 Å². The molecule has 2 fully saturated rings. The number of aliphatic hydroxyl groups is 1. The lowest BCUT2D eigenvalue weighted by Crippen LogP contribution is -2.47. The van der Waals surface area contributed by atoms with Gasteiger partial charge in [-0.1, -0.05) is 25.7 Å². The first kappa shape index (κ1) is 16.3. The van der Waals surface area contributed by atoms with Crippen LogP contribution in [-0.2, 0) is 9.59 Å². The van der Waals surface area contributed by atoms with Gasteiger partial charge in [0.15, 0.2) is 0 Å². The number of piperidine rings is 1. The van der Waals surface area contributed by atoms with Crippen LogP contribution < -0.4 is 0 Å². The van der Waals surface area contributed by atoms with Gasteiger partial charge in [-0.05, 0) is 32.6 Å². The minimum atomic E-state index is -0.868. The molecule has 0 spiro atoms. The zero-order valence-corrected chi connectivity index (χ0v) is 12.9. The number of carbonyl (C=O) groups is 2. The number of amides is 1. The number of carbonyl (C=O) groups excluding carboxylic acids is 1. The lowest BCUT2D eigenvalue weighted by Gasteiger charge is -2.37. The Labute approximate surface area is 126 Å². The molecule has 1 aliphatic carbocycles. The molecule has 0 bridgehead atoms. The summed E-state index contributed by atoms with van der Waals surface area (Å²) in [7, 11) is 0. The Balaban J connectivity index is 2.00. The zero-order valence-electron chi connectivity index (χ0n) is 12.9. The van der Waals surface area contributed by atoms with Gasteiger partial charge in [-0.2, -0.15) is 0 Å². The minimum Gasteiger partial charge on any atom is -0.481 e. The van der Waals surface area contributed by atoms with Gasteiger partial charge in [0.1, 0.15) is 0 Å². The summed E-state index contributed by atoms with van der Waals surface area (Å²) in [6.45, 7) is 2.85. The molecule has 0 aromatic heterocycles. The molecule has 0 unspecified atom stereocenters. The van der Waals surface area contributed by atoms with E-state index in [1.165, 1.54) is 0 Å². The van der Waals surface area contributed by atoms with Gasteiger partial charge in [0.2, 0.25) is 5.91 Å². The van der Waals surface area contributed by atoms with Crippen molar-refractivity contribution in [2.45, 2.75) is 70.3 Å². The van der Waals surface area contributed by atoms with E-state index in [0.717, 1.165) is 25.7 Å². The highest BCUT2D eigenvalue weighted by Gasteiger charge is 2.42. The number of aliphatic carboxylic acids is 1. The van der Waals surface area contributed by atoms with Crippen molar-refractivity contribution in [3.8, 4) is 0 Å². The van der Waals surface area contributed by atoms with Crippen molar-refractivity contribution < 1.29 is 19.8 Å². The van der Waals surface area contributed by atoms with Crippen LogP contribution in [0.5, 0.6) is 0 Å². The summed E-state index contributed by atoms with van der Waals surface area (Å²) < 4.78 is 0. The van der Waals surface area contributed by atoms with Gasteiger partial charge in [-0.3, -0.25) is 9.59 Å². The Bertz CT molecular complexity index is 387. The van der Waals surface area contributed by atoms with Gasteiger partial charge in [-0.25, -0.2) is 0 Å². The molecule has 21 heavy (non-hydrogen) atoms. The van der Waals surface area contributed by atoms with Crippen LogP contribution in [0.1, 0.15) is 64.7 Å². The first-order valence-electron chi connectivity index (χ1n) is 8.08. The monoisotopic (exact) mass is 297 g/mol. The van der Waals surface area contributed by atoms with E-state index in [4.69, 9.17) is 0 Å². The smallest absolute Gasteiger partial charge is 0.310 e. The summed E-state index contributed by atoms with van der Waals surface area (Å²) in [6.07, 6.45) is 6.40. The standard InChI is InChI=1S/C16H27NO4/c1-15(21)8-10-17(11-9-15)13(18)12-16(14(19)20)6-4-2-3-5-7-16/h21H,2-12H2,1H3,(H,19,20). The van der Waals surface area contributed by atoms with Gasteiger partial charge in [0, 0.05) is 19.5 Å². The number of nitrogens with zero attached hydrogens (tertiary/aromatic N) is 1. The second kappa shape index (κ2) is 6.34. The van der Waals surface area contributed by atoms with E-state index in [9.17, 15) is 19.8 Å². The highest BCUT2D eigenvalue weighted by Crippen LogP contribution is 2.39. The maximum Gasteiger partial charge on any atom is 0.310 e. The van der Waals surface area contributed by atoms with Crippen molar-refractivity contribution in [1.82, 2.24) is 4.90 Å². The van der Waals surface area contributed by atoms with Crippen LogP contribution in [0.3, 0.4) is 0 Å². The number of carboxylic acid groups (broad SMARTS) is 1. The van der Waals surface area contributed by atoms with Crippen LogP contribution in [0.4, 0.5) is 0 Å². The average molecular weight is 297 g/mol. The van der Waals surface area contributed by atoms with Gasteiger partial charge in [0.25, 0.3) is 0 Å². The van der Waals surface area contributed by atoms with Crippen molar-refractivity contribution >= 4 is 11.9 Å². The number of rotatable bonds is 3. The topological polar surface area (TPSA) is 77.8 Å². The molecular weight excluding hydrogens is 270 g/mol. The van der Waals surface area contributed by atoms with Crippen LogP contribution in [0.25, 0.3) is 0 Å². The summed E-state index contributed by atoms with van der Waals surface area (Å²) in [5.41, 5.74) is -1.56. The fraction of sp³-hybridized carbons (Fsp3) is 0.875. The summed E-state index contributed by atoms with van der Waals surface area (Å²) in [5.74, 6) is -0.878. The van der Waals surface area contributed by atoms with Gasteiger partial charge >= 0.3 is 5.97 Å². The fourth-order valence-corrected chi connectivity index (χ4v) is 3.51. The molecule has 2 rings (SSSR count). The van der Waals surface area contributed by atoms with Gasteiger partial charge < -0.3 is 15.1 Å². The second-order valence-corrected chi connectivity index (χ2v) is 7.05. The van der Waals surface area contributed by atoms with E-state index in [0.29, 0.717) is 38.8 Å². The van der Waals surface area contributed by atoms with E-state index >= 15 is 0 Å². The first-order valence-corrected chi connectivity index (χ1v) is 8.08. The molecule has 1 saturated heterocycles.